The zero-order valence-corrected chi connectivity index (χ0v) is 44.4. The third kappa shape index (κ3) is 15.2. The number of thiocarbonyl (C=S) groups is 1. The molecule has 0 aromatic heterocycles. The van der Waals surface area contributed by atoms with Gasteiger partial charge in [-0.05, 0) is 112 Å². The van der Waals surface area contributed by atoms with Gasteiger partial charge in [-0.1, -0.05) is 51.1 Å². The van der Waals surface area contributed by atoms with Gasteiger partial charge in [-0.3, -0.25) is 9.69 Å². The highest BCUT2D eigenvalue weighted by Crippen LogP contribution is 2.40. The largest absolute Gasteiger partial charge is 0.459 e. The van der Waals surface area contributed by atoms with Crippen molar-refractivity contribution in [1.82, 2.24) is 20.0 Å². The van der Waals surface area contributed by atoms with E-state index >= 15 is 0 Å². The van der Waals surface area contributed by atoms with E-state index in [9.17, 15) is 35.6 Å². The first kappa shape index (κ1) is 59.0. The van der Waals surface area contributed by atoms with Crippen LogP contribution in [0.5, 0.6) is 0 Å². The summed E-state index contributed by atoms with van der Waals surface area (Å²) in [6.07, 6.45) is -8.16. The molecule has 394 valence electrons. The Morgan fingerprint density at radius 1 is 0.986 bits per heavy atom. The number of nitriles is 1. The molecule has 3 saturated heterocycles. The lowest BCUT2D eigenvalue weighted by Crippen LogP contribution is -2.60. The van der Waals surface area contributed by atoms with Crippen LogP contribution in [0.15, 0.2) is 30.3 Å². The fourth-order valence-corrected chi connectivity index (χ4v) is 11.0. The predicted molar refractivity (Wildman–Crippen MR) is 266 cm³/mol. The Labute approximate surface area is 417 Å². The van der Waals surface area contributed by atoms with E-state index in [2.05, 4.69) is 23.5 Å². The maximum absolute atomic E-state index is 14.6. The van der Waals surface area contributed by atoms with E-state index in [0.29, 0.717) is 44.3 Å². The van der Waals surface area contributed by atoms with Crippen LogP contribution in [0.4, 0.5) is 0 Å². The van der Waals surface area contributed by atoms with Crippen molar-refractivity contribution < 1.29 is 58.7 Å². The van der Waals surface area contributed by atoms with Gasteiger partial charge in [0.2, 0.25) is 0 Å². The number of methoxy groups -OCH3 is 1. The highest BCUT2D eigenvalue weighted by atomic mass is 32.1. The highest BCUT2D eigenvalue weighted by molar-refractivity contribution is 7.80. The maximum Gasteiger partial charge on any atom is 0.311 e. The maximum atomic E-state index is 14.6. The number of likely N-dealkylation sites (N-methyl/N-ethyl adjacent to an activating group) is 1. The highest BCUT2D eigenvalue weighted by Gasteiger charge is 2.53. The molecule has 18 atom stereocenters. The second kappa shape index (κ2) is 25.9. The molecule has 17 nitrogen and oxygen atoms in total. The molecule has 3 aliphatic rings. The van der Waals surface area contributed by atoms with Gasteiger partial charge in [-0.25, -0.2) is 0 Å². The van der Waals surface area contributed by atoms with Crippen LogP contribution in [-0.2, 0) is 39.6 Å². The minimum absolute atomic E-state index is 0.0973. The van der Waals surface area contributed by atoms with Crippen molar-refractivity contribution in [2.24, 2.45) is 17.8 Å². The van der Waals surface area contributed by atoms with Gasteiger partial charge < -0.3 is 69.1 Å². The number of nitrogens with zero attached hydrogens (tertiary/aromatic N) is 4. The standard InChI is InChI=1S/C51H87N5O12S/c1-14-39-51(10,62)43(58)35(6)56(26-25-55(24-18-22-52)48(69)53-23-21-37-19-16-15-17-20-37)30-31(2)28-49(8,61)45(68-47-41(57)38(54(11)12)27-32(3)64-47)33(4)42(34(5)46(60)66-39)67-40-29-50(9,63-13)44(59)36(7)65-40/h15-17,19-20,31-36,38-45,47,57-59,61-62H,14,18,21,23-30H2,1-13H3,(H,53,69)/t31-,32-,33+,34-,35-,36+,38+,39-,40+,41-,42+,43-,44+,45-,47+,49-,50-,51-/m1/s1. The van der Waals surface area contributed by atoms with E-state index in [0.717, 1.165) is 12.0 Å². The molecule has 18 heteroatoms. The molecule has 3 heterocycles. The second-order valence-corrected chi connectivity index (χ2v) is 21.5. The van der Waals surface area contributed by atoms with Gasteiger partial charge >= 0.3 is 5.97 Å². The zero-order chi connectivity index (χ0) is 51.6. The number of carbonyl (C=O) groups is 1. The first-order chi connectivity index (χ1) is 32.3. The van der Waals surface area contributed by atoms with Gasteiger partial charge in [-0.15, -0.1) is 0 Å². The average molecular weight is 994 g/mol. The second-order valence-electron chi connectivity index (χ2n) is 21.1. The van der Waals surface area contributed by atoms with Crippen molar-refractivity contribution in [3.05, 3.63) is 35.9 Å². The number of esters is 1. The third-order valence-electron chi connectivity index (χ3n) is 15.0. The van der Waals surface area contributed by atoms with E-state index in [4.69, 9.17) is 40.6 Å². The minimum Gasteiger partial charge on any atom is -0.459 e. The summed E-state index contributed by atoms with van der Waals surface area (Å²) in [5, 5.41) is 73.8. The van der Waals surface area contributed by atoms with E-state index in [1.807, 2.05) is 74.7 Å². The lowest BCUT2D eigenvalue weighted by atomic mass is 9.77. The molecule has 1 aromatic rings. The molecule has 1 aromatic carbocycles. The van der Waals surface area contributed by atoms with Gasteiger partial charge in [0, 0.05) is 64.3 Å². The van der Waals surface area contributed by atoms with Crippen molar-refractivity contribution in [3.63, 3.8) is 0 Å². The number of rotatable bonds is 15. The Hall–Kier alpha value is -2.61. The van der Waals surface area contributed by atoms with Crippen LogP contribution in [0.2, 0.25) is 0 Å². The normalized spacial score (nSPS) is 40.0. The monoisotopic (exact) mass is 994 g/mol. The number of hydrogen-bond donors (Lipinski definition) is 6. The van der Waals surface area contributed by atoms with Crippen LogP contribution in [0.1, 0.15) is 107 Å². The fraction of sp³-hybridized carbons (Fsp3) is 0.824. The SMILES string of the molecule is CC[C@H]1OC(=O)[C@H](C)[C@@H](O[C@H]2C[C@@](C)(OC)[C@@H](O)[C@H](C)O2)[C@H](C)[C@@H](O[C@@H]2O[C@H](C)C[C@H](N(C)C)[C@H]2O)[C@](C)(O)C[C@@H](C)CN(CCN(CCC#N)C(=S)NCCc2ccccc2)[C@H](C)[C@@H](O)[C@]1(C)O. The van der Waals surface area contributed by atoms with Crippen LogP contribution >= 0.6 is 12.2 Å². The van der Waals surface area contributed by atoms with E-state index in [-0.39, 0.29) is 43.7 Å². The van der Waals surface area contributed by atoms with Crippen molar-refractivity contribution >= 4 is 23.3 Å². The molecular weight excluding hydrogens is 907 g/mol. The molecule has 3 aliphatic heterocycles. The molecule has 6 N–H and O–H groups in total. The number of cyclic esters (lactones) is 1. The number of carbonyl (C=O) groups excluding carboxylic acids is 1. The topological polar surface area (TPSA) is 219 Å². The number of nitrogens with one attached hydrogen (secondary N) is 1. The van der Waals surface area contributed by atoms with Crippen LogP contribution in [0.3, 0.4) is 0 Å². The lowest BCUT2D eigenvalue weighted by Gasteiger charge is -2.48. The van der Waals surface area contributed by atoms with E-state index < -0.39 is 96.0 Å². The number of hydrogen-bond acceptors (Lipinski definition) is 16. The Balaban J connectivity index is 1.78. The molecule has 0 bridgehead atoms. The van der Waals surface area contributed by atoms with Gasteiger partial charge in [0.15, 0.2) is 17.7 Å². The predicted octanol–water partition coefficient (Wildman–Crippen LogP) is 3.60. The summed E-state index contributed by atoms with van der Waals surface area (Å²) in [6.45, 7) is 19.5. The Bertz CT molecular complexity index is 1790. The first-order valence-electron chi connectivity index (χ1n) is 25.0. The summed E-state index contributed by atoms with van der Waals surface area (Å²) in [5.41, 5.74) is -3.52. The smallest absolute Gasteiger partial charge is 0.311 e. The fourth-order valence-electron chi connectivity index (χ4n) is 10.7. The lowest BCUT2D eigenvalue weighted by molar-refractivity contribution is -0.318. The van der Waals surface area contributed by atoms with Crippen molar-refractivity contribution in [1.29, 1.82) is 5.26 Å². The van der Waals surface area contributed by atoms with Gasteiger partial charge in [-0.2, -0.15) is 5.26 Å². The number of ether oxygens (including phenoxy) is 6. The average Bonchev–Trinajstić information content (AvgIpc) is 3.29. The summed E-state index contributed by atoms with van der Waals surface area (Å²) in [4.78, 5) is 20.5. The van der Waals surface area contributed by atoms with Crippen LogP contribution < -0.4 is 5.32 Å². The molecule has 0 unspecified atom stereocenters. The molecule has 0 aliphatic carbocycles. The summed E-state index contributed by atoms with van der Waals surface area (Å²) in [5.74, 6) is -2.92. The summed E-state index contributed by atoms with van der Waals surface area (Å²) in [7, 11) is 5.26. The summed E-state index contributed by atoms with van der Waals surface area (Å²) in [6, 6.07) is 11.2. The van der Waals surface area contributed by atoms with Crippen molar-refractivity contribution in [3.8, 4) is 6.07 Å². The Kier molecular flexibility index (Phi) is 22.1. The number of aliphatic hydroxyl groups excluding tert-OH is 3. The van der Waals surface area contributed by atoms with Crippen LogP contribution in [-0.4, -0.2) is 196 Å². The quantitative estimate of drug-likeness (QED) is 0.109. The summed E-state index contributed by atoms with van der Waals surface area (Å²) >= 11 is 5.88. The number of benzene rings is 1. The molecule has 0 spiro atoms. The van der Waals surface area contributed by atoms with Gasteiger partial charge in [0.1, 0.15) is 30.0 Å². The van der Waals surface area contributed by atoms with Crippen molar-refractivity contribution in [2.45, 2.75) is 198 Å². The van der Waals surface area contributed by atoms with Crippen LogP contribution in [0.25, 0.3) is 0 Å². The van der Waals surface area contributed by atoms with Crippen molar-refractivity contribution in [2.75, 3.05) is 53.9 Å². The molecule has 0 saturated carbocycles. The molecule has 69 heavy (non-hydrogen) atoms. The summed E-state index contributed by atoms with van der Waals surface area (Å²) < 4.78 is 38.2. The first-order valence-corrected chi connectivity index (χ1v) is 25.4. The molecule has 0 radical (unpaired) electrons. The zero-order valence-electron chi connectivity index (χ0n) is 43.6. The number of aliphatic hydroxyl groups is 5. The van der Waals surface area contributed by atoms with Gasteiger partial charge in [0.05, 0.1) is 54.0 Å². The van der Waals surface area contributed by atoms with Crippen LogP contribution in [0, 0.1) is 29.1 Å². The van der Waals surface area contributed by atoms with E-state index in [1.165, 1.54) is 14.0 Å². The van der Waals surface area contributed by atoms with Gasteiger partial charge in [0.25, 0.3) is 0 Å². The molecular formula is C51H87N5O12S. The third-order valence-corrected chi connectivity index (χ3v) is 15.4. The molecule has 4 rings (SSSR count). The Morgan fingerprint density at radius 3 is 2.26 bits per heavy atom. The van der Waals surface area contributed by atoms with E-state index in [1.54, 1.807) is 34.6 Å². The molecule has 0 amide bonds. The molecule has 3 fully saturated rings. The Morgan fingerprint density at radius 2 is 1.65 bits per heavy atom. The minimum atomic E-state index is -1.94.